The van der Waals surface area contributed by atoms with Gasteiger partial charge in [-0.25, -0.2) is 0 Å². The standard InChI is InChI=1S/C19H18N2O3S/c1-3-25-17-16(14-4-6-15(24-2)7-5-14)18(22)21(19(17)23)12-13-8-10-20-11-9-13/h4-11H,3,12H2,1-2H3. The van der Waals surface area contributed by atoms with Gasteiger partial charge in [-0.3, -0.25) is 19.5 Å². The van der Waals surface area contributed by atoms with E-state index in [2.05, 4.69) is 4.98 Å². The number of nitrogens with zero attached hydrogens (tertiary/aromatic N) is 2. The maximum atomic E-state index is 12.9. The number of methoxy groups -OCH3 is 1. The van der Waals surface area contributed by atoms with Crippen molar-refractivity contribution < 1.29 is 14.3 Å². The topological polar surface area (TPSA) is 59.5 Å². The van der Waals surface area contributed by atoms with Crippen LogP contribution in [0.3, 0.4) is 0 Å². The van der Waals surface area contributed by atoms with E-state index in [9.17, 15) is 9.59 Å². The number of carbonyl (C=O) groups is 2. The fourth-order valence-corrected chi connectivity index (χ4v) is 3.53. The number of thioether (sulfide) groups is 1. The van der Waals surface area contributed by atoms with E-state index in [1.165, 1.54) is 16.7 Å². The third-order valence-corrected chi connectivity index (χ3v) is 4.84. The Bertz CT molecular complexity index is 816. The van der Waals surface area contributed by atoms with Crippen molar-refractivity contribution in [2.24, 2.45) is 0 Å². The van der Waals surface area contributed by atoms with E-state index in [4.69, 9.17) is 4.74 Å². The molecule has 0 unspecified atom stereocenters. The number of hydrogen-bond donors (Lipinski definition) is 0. The first kappa shape index (κ1) is 17.2. The van der Waals surface area contributed by atoms with Gasteiger partial charge in [0.15, 0.2) is 0 Å². The van der Waals surface area contributed by atoms with Gasteiger partial charge in [-0.2, -0.15) is 0 Å². The highest BCUT2D eigenvalue weighted by Crippen LogP contribution is 2.37. The Morgan fingerprint density at radius 1 is 1.04 bits per heavy atom. The molecule has 1 aromatic heterocycles. The molecule has 1 aliphatic heterocycles. The van der Waals surface area contributed by atoms with Crippen molar-refractivity contribution in [2.45, 2.75) is 13.5 Å². The lowest BCUT2D eigenvalue weighted by Crippen LogP contribution is -2.30. The highest BCUT2D eigenvalue weighted by Gasteiger charge is 2.38. The number of benzene rings is 1. The molecule has 0 spiro atoms. The summed E-state index contributed by atoms with van der Waals surface area (Å²) in [7, 11) is 1.59. The zero-order valence-electron chi connectivity index (χ0n) is 14.1. The van der Waals surface area contributed by atoms with Crippen LogP contribution in [0.4, 0.5) is 0 Å². The zero-order chi connectivity index (χ0) is 17.8. The predicted octanol–water partition coefficient (Wildman–Crippen LogP) is 3.12. The molecule has 25 heavy (non-hydrogen) atoms. The average Bonchev–Trinajstić information content (AvgIpc) is 2.87. The summed E-state index contributed by atoms with van der Waals surface area (Å²) < 4.78 is 5.16. The fraction of sp³-hybridized carbons (Fsp3) is 0.211. The van der Waals surface area contributed by atoms with Gasteiger partial charge in [0.05, 0.1) is 24.1 Å². The van der Waals surface area contributed by atoms with Gasteiger partial charge in [0.25, 0.3) is 11.8 Å². The van der Waals surface area contributed by atoms with Crippen LogP contribution in [0, 0.1) is 0 Å². The number of hydrogen-bond acceptors (Lipinski definition) is 5. The van der Waals surface area contributed by atoms with E-state index < -0.39 is 0 Å². The largest absolute Gasteiger partial charge is 0.497 e. The van der Waals surface area contributed by atoms with Gasteiger partial charge in [0, 0.05) is 12.4 Å². The first-order valence-corrected chi connectivity index (χ1v) is 8.90. The Kier molecular flexibility index (Phi) is 5.19. The highest BCUT2D eigenvalue weighted by atomic mass is 32.2. The Morgan fingerprint density at radius 3 is 2.32 bits per heavy atom. The van der Waals surface area contributed by atoms with Crippen LogP contribution in [0.2, 0.25) is 0 Å². The summed E-state index contributed by atoms with van der Waals surface area (Å²) in [4.78, 5) is 31.5. The summed E-state index contributed by atoms with van der Waals surface area (Å²) in [5.74, 6) is 0.929. The molecule has 1 aromatic carbocycles. The van der Waals surface area contributed by atoms with Crippen molar-refractivity contribution >= 4 is 29.1 Å². The molecule has 0 saturated heterocycles. The van der Waals surface area contributed by atoms with Crippen LogP contribution in [0.15, 0.2) is 53.7 Å². The summed E-state index contributed by atoms with van der Waals surface area (Å²) in [6.07, 6.45) is 3.31. The lowest BCUT2D eigenvalue weighted by molar-refractivity contribution is -0.137. The van der Waals surface area contributed by atoms with Gasteiger partial charge in [-0.15, -0.1) is 11.8 Å². The van der Waals surface area contributed by atoms with Crippen molar-refractivity contribution in [3.63, 3.8) is 0 Å². The number of carbonyl (C=O) groups excluding carboxylic acids is 2. The van der Waals surface area contributed by atoms with E-state index in [0.29, 0.717) is 16.2 Å². The van der Waals surface area contributed by atoms with E-state index in [1.54, 1.807) is 43.8 Å². The van der Waals surface area contributed by atoms with Gasteiger partial charge < -0.3 is 4.74 Å². The van der Waals surface area contributed by atoms with Crippen LogP contribution in [0.25, 0.3) is 5.57 Å². The molecular formula is C19H18N2O3S. The van der Waals surface area contributed by atoms with Crippen molar-refractivity contribution in [2.75, 3.05) is 12.9 Å². The first-order chi connectivity index (χ1) is 12.2. The Labute approximate surface area is 150 Å². The van der Waals surface area contributed by atoms with E-state index in [1.807, 2.05) is 19.1 Å². The second kappa shape index (κ2) is 7.53. The van der Waals surface area contributed by atoms with E-state index in [0.717, 1.165) is 16.9 Å². The van der Waals surface area contributed by atoms with Crippen LogP contribution >= 0.6 is 11.8 Å². The molecule has 5 nitrogen and oxygen atoms in total. The Morgan fingerprint density at radius 2 is 1.72 bits per heavy atom. The number of ether oxygens (including phenoxy) is 1. The van der Waals surface area contributed by atoms with Gasteiger partial charge >= 0.3 is 0 Å². The first-order valence-electron chi connectivity index (χ1n) is 7.92. The summed E-state index contributed by atoms with van der Waals surface area (Å²) in [6, 6.07) is 10.8. The van der Waals surface area contributed by atoms with Crippen LogP contribution in [-0.4, -0.2) is 34.6 Å². The second-order valence-corrected chi connectivity index (χ2v) is 6.69. The maximum Gasteiger partial charge on any atom is 0.268 e. The number of imide groups is 1. The summed E-state index contributed by atoms with van der Waals surface area (Å²) in [5, 5.41) is 0. The molecule has 0 aliphatic carbocycles. The molecule has 6 heteroatoms. The van der Waals surface area contributed by atoms with Gasteiger partial charge in [-0.1, -0.05) is 19.1 Å². The summed E-state index contributed by atoms with van der Waals surface area (Å²) >= 11 is 1.40. The fourth-order valence-electron chi connectivity index (χ4n) is 2.66. The molecule has 0 N–H and O–H groups in total. The Hall–Kier alpha value is -2.60. The normalized spacial score (nSPS) is 14.4. The van der Waals surface area contributed by atoms with Gasteiger partial charge in [-0.05, 0) is 41.1 Å². The predicted molar refractivity (Wildman–Crippen MR) is 97.8 cm³/mol. The minimum Gasteiger partial charge on any atom is -0.497 e. The monoisotopic (exact) mass is 354 g/mol. The molecule has 1 aliphatic rings. The second-order valence-electron chi connectivity index (χ2n) is 5.42. The lowest BCUT2D eigenvalue weighted by atomic mass is 10.1. The highest BCUT2D eigenvalue weighted by molar-refractivity contribution is 8.04. The van der Waals surface area contributed by atoms with Crippen LogP contribution < -0.4 is 4.74 Å². The number of pyridine rings is 1. The third-order valence-electron chi connectivity index (χ3n) is 3.88. The average molecular weight is 354 g/mol. The molecule has 128 valence electrons. The van der Waals surface area contributed by atoms with Crippen LogP contribution in [-0.2, 0) is 16.1 Å². The molecule has 2 amide bonds. The van der Waals surface area contributed by atoms with Crippen molar-refractivity contribution in [1.29, 1.82) is 0 Å². The van der Waals surface area contributed by atoms with E-state index in [-0.39, 0.29) is 18.4 Å². The SMILES string of the molecule is CCSC1=C(c2ccc(OC)cc2)C(=O)N(Cc2ccncc2)C1=O. The molecule has 3 rings (SSSR count). The minimum absolute atomic E-state index is 0.237. The van der Waals surface area contributed by atoms with Crippen LogP contribution in [0.5, 0.6) is 5.75 Å². The Balaban J connectivity index is 1.95. The van der Waals surface area contributed by atoms with E-state index >= 15 is 0 Å². The quantitative estimate of drug-likeness (QED) is 0.746. The molecule has 0 atom stereocenters. The van der Waals surface area contributed by atoms with Crippen molar-refractivity contribution in [3.8, 4) is 5.75 Å². The molecule has 2 heterocycles. The molecule has 0 bridgehead atoms. The minimum atomic E-state index is -0.261. The smallest absolute Gasteiger partial charge is 0.268 e. The molecular weight excluding hydrogens is 336 g/mol. The van der Waals surface area contributed by atoms with Crippen molar-refractivity contribution in [3.05, 3.63) is 64.8 Å². The lowest BCUT2D eigenvalue weighted by Gasteiger charge is -2.15. The summed E-state index contributed by atoms with van der Waals surface area (Å²) in [5.41, 5.74) is 2.06. The number of amides is 2. The molecule has 0 saturated carbocycles. The molecule has 0 radical (unpaired) electrons. The number of aromatic nitrogens is 1. The van der Waals surface area contributed by atoms with Gasteiger partial charge in [0.2, 0.25) is 0 Å². The third kappa shape index (κ3) is 3.44. The van der Waals surface area contributed by atoms with Crippen LogP contribution in [0.1, 0.15) is 18.1 Å². The maximum absolute atomic E-state index is 12.9. The van der Waals surface area contributed by atoms with Crippen molar-refractivity contribution in [1.82, 2.24) is 9.88 Å². The summed E-state index contributed by atoms with van der Waals surface area (Å²) in [6.45, 7) is 2.21. The zero-order valence-corrected chi connectivity index (χ0v) is 14.9. The van der Waals surface area contributed by atoms with Gasteiger partial charge in [0.1, 0.15) is 5.75 Å². The number of rotatable bonds is 6. The molecule has 2 aromatic rings. The molecule has 0 fully saturated rings.